The van der Waals surface area contributed by atoms with Crippen LogP contribution in [0.2, 0.25) is 5.02 Å². The minimum atomic E-state index is -0.917. The third kappa shape index (κ3) is 3.35. The lowest BCUT2D eigenvalue weighted by Gasteiger charge is -2.13. The highest BCUT2D eigenvalue weighted by molar-refractivity contribution is 6.34. The predicted molar refractivity (Wildman–Crippen MR) is 65.3 cm³/mol. The molecule has 0 radical (unpaired) electrons. The summed E-state index contributed by atoms with van der Waals surface area (Å²) in [6.45, 7) is 1.75. The number of hydrogen-bond acceptors (Lipinski definition) is 3. The molecule has 0 bridgehead atoms. The monoisotopic (exact) mass is 256 g/mol. The molecule has 1 rings (SSSR count). The molecule has 4 N–H and O–H groups in total. The van der Waals surface area contributed by atoms with Crippen molar-refractivity contribution in [3.05, 3.63) is 28.8 Å². The van der Waals surface area contributed by atoms with Gasteiger partial charge in [0.1, 0.15) is 0 Å². The molecule has 0 aromatic heterocycles. The maximum atomic E-state index is 11.2. The smallest absolute Gasteiger partial charge is 0.308 e. The number of carboxylic acids is 1. The Morgan fingerprint density at radius 1 is 1.53 bits per heavy atom. The van der Waals surface area contributed by atoms with Crippen molar-refractivity contribution < 1.29 is 14.7 Å². The predicted octanol–water partition coefficient (Wildman–Crippen LogP) is 1.57. The highest BCUT2D eigenvalue weighted by atomic mass is 35.5. The average Bonchev–Trinajstić information content (AvgIpc) is 2.24. The molecule has 0 saturated heterocycles. The van der Waals surface area contributed by atoms with Crippen LogP contribution < -0.4 is 11.1 Å². The molecule has 1 amide bonds. The fourth-order valence-corrected chi connectivity index (χ4v) is 1.54. The van der Waals surface area contributed by atoms with Gasteiger partial charge in [0.25, 0.3) is 5.91 Å². The van der Waals surface area contributed by atoms with Crippen LogP contribution in [0, 0.1) is 5.92 Å². The second kappa shape index (κ2) is 5.54. The summed E-state index contributed by atoms with van der Waals surface area (Å²) >= 11 is 5.85. The summed E-state index contributed by atoms with van der Waals surface area (Å²) in [5.74, 6) is -2.14. The summed E-state index contributed by atoms with van der Waals surface area (Å²) in [6, 6.07) is 4.83. The number of primary amides is 1. The molecular weight excluding hydrogens is 244 g/mol. The molecule has 1 aromatic rings. The number of rotatable bonds is 5. The van der Waals surface area contributed by atoms with E-state index in [2.05, 4.69) is 5.32 Å². The topological polar surface area (TPSA) is 92.4 Å². The summed E-state index contributed by atoms with van der Waals surface area (Å²) in [7, 11) is 0. The Hall–Kier alpha value is -1.75. The number of halogens is 1. The van der Waals surface area contributed by atoms with Gasteiger partial charge in [-0.3, -0.25) is 9.59 Å². The first-order chi connectivity index (χ1) is 7.93. The second-order valence-corrected chi connectivity index (χ2v) is 4.05. The Balaban J connectivity index is 2.88. The van der Waals surface area contributed by atoms with Crippen molar-refractivity contribution in [2.45, 2.75) is 6.92 Å². The van der Waals surface area contributed by atoms with Crippen LogP contribution in [-0.2, 0) is 4.79 Å². The van der Waals surface area contributed by atoms with Gasteiger partial charge < -0.3 is 16.2 Å². The molecule has 0 saturated carbocycles. The first kappa shape index (κ1) is 13.3. The molecule has 1 unspecified atom stereocenters. The normalized spacial score (nSPS) is 11.9. The molecule has 92 valence electrons. The van der Waals surface area contributed by atoms with E-state index in [0.717, 1.165) is 0 Å². The van der Waals surface area contributed by atoms with Crippen LogP contribution in [0.25, 0.3) is 0 Å². The molecule has 5 nitrogen and oxygen atoms in total. The quantitative estimate of drug-likeness (QED) is 0.746. The molecular formula is C11H13ClN2O3. The Morgan fingerprint density at radius 3 is 2.71 bits per heavy atom. The minimum Gasteiger partial charge on any atom is -0.481 e. The van der Waals surface area contributed by atoms with Crippen LogP contribution in [0.3, 0.4) is 0 Å². The molecule has 6 heteroatoms. The fraction of sp³-hybridized carbons (Fsp3) is 0.273. The Morgan fingerprint density at radius 2 is 2.18 bits per heavy atom. The highest BCUT2D eigenvalue weighted by Gasteiger charge is 2.15. The van der Waals surface area contributed by atoms with E-state index < -0.39 is 17.8 Å². The molecule has 0 aliphatic rings. The zero-order chi connectivity index (χ0) is 13.0. The lowest BCUT2D eigenvalue weighted by atomic mass is 10.1. The van der Waals surface area contributed by atoms with Gasteiger partial charge in [-0.15, -0.1) is 0 Å². The molecule has 0 aliphatic heterocycles. The number of anilines is 1. The van der Waals surface area contributed by atoms with Gasteiger partial charge in [0.2, 0.25) is 0 Å². The van der Waals surface area contributed by atoms with Crippen LogP contribution in [0.4, 0.5) is 5.69 Å². The van der Waals surface area contributed by atoms with Crippen LogP contribution >= 0.6 is 11.6 Å². The largest absolute Gasteiger partial charge is 0.481 e. The van der Waals surface area contributed by atoms with Crippen molar-refractivity contribution in [2.24, 2.45) is 11.7 Å². The van der Waals surface area contributed by atoms with Gasteiger partial charge in [-0.2, -0.15) is 0 Å². The maximum absolute atomic E-state index is 11.2. The zero-order valence-electron chi connectivity index (χ0n) is 9.24. The summed E-state index contributed by atoms with van der Waals surface area (Å²) in [5.41, 5.74) is 5.82. The summed E-state index contributed by atoms with van der Waals surface area (Å²) in [4.78, 5) is 21.9. The van der Waals surface area contributed by atoms with E-state index in [1.807, 2.05) is 0 Å². The summed E-state index contributed by atoms with van der Waals surface area (Å²) in [6.07, 6.45) is 0. The van der Waals surface area contributed by atoms with Crippen molar-refractivity contribution in [1.82, 2.24) is 0 Å². The van der Waals surface area contributed by atoms with E-state index in [-0.39, 0.29) is 17.1 Å². The standard InChI is InChI=1S/C11H13ClN2O3/c1-6(11(16)17)5-14-8-4-2-3-7(12)9(8)10(13)15/h2-4,6,14H,5H2,1H3,(H2,13,15)(H,16,17). The van der Waals surface area contributed by atoms with Gasteiger partial charge >= 0.3 is 5.97 Å². The number of benzene rings is 1. The highest BCUT2D eigenvalue weighted by Crippen LogP contribution is 2.23. The van der Waals surface area contributed by atoms with Crippen molar-refractivity contribution in [2.75, 3.05) is 11.9 Å². The van der Waals surface area contributed by atoms with E-state index in [9.17, 15) is 9.59 Å². The molecule has 0 aliphatic carbocycles. The third-order valence-electron chi connectivity index (χ3n) is 2.28. The van der Waals surface area contributed by atoms with Crippen LogP contribution in [0.15, 0.2) is 18.2 Å². The summed E-state index contributed by atoms with van der Waals surface area (Å²) in [5, 5.41) is 11.8. The lowest BCUT2D eigenvalue weighted by Crippen LogP contribution is -2.22. The fourth-order valence-electron chi connectivity index (χ4n) is 1.27. The second-order valence-electron chi connectivity index (χ2n) is 3.65. The lowest BCUT2D eigenvalue weighted by molar-refractivity contribution is -0.140. The van der Waals surface area contributed by atoms with Crippen molar-refractivity contribution in [3.8, 4) is 0 Å². The number of hydrogen-bond donors (Lipinski definition) is 3. The van der Waals surface area contributed by atoms with E-state index in [1.165, 1.54) is 0 Å². The number of carbonyl (C=O) groups excluding carboxylic acids is 1. The molecule has 1 aromatic carbocycles. The van der Waals surface area contributed by atoms with E-state index >= 15 is 0 Å². The molecule has 17 heavy (non-hydrogen) atoms. The van der Waals surface area contributed by atoms with E-state index in [4.69, 9.17) is 22.4 Å². The molecule has 0 spiro atoms. The third-order valence-corrected chi connectivity index (χ3v) is 2.60. The number of carbonyl (C=O) groups is 2. The Labute approximate surface area is 104 Å². The molecule has 0 fully saturated rings. The van der Waals surface area contributed by atoms with E-state index in [1.54, 1.807) is 25.1 Å². The minimum absolute atomic E-state index is 0.173. The summed E-state index contributed by atoms with van der Waals surface area (Å²) < 4.78 is 0. The van der Waals surface area contributed by atoms with Crippen molar-refractivity contribution in [1.29, 1.82) is 0 Å². The zero-order valence-corrected chi connectivity index (χ0v) is 9.99. The first-order valence-electron chi connectivity index (χ1n) is 4.98. The van der Waals surface area contributed by atoms with Gasteiger partial charge in [0.15, 0.2) is 0 Å². The van der Waals surface area contributed by atoms with E-state index in [0.29, 0.717) is 5.69 Å². The number of carboxylic acid groups (broad SMARTS) is 1. The van der Waals surface area contributed by atoms with Gasteiger partial charge in [-0.05, 0) is 12.1 Å². The number of nitrogens with two attached hydrogens (primary N) is 1. The molecule has 0 heterocycles. The number of aliphatic carboxylic acids is 1. The average molecular weight is 257 g/mol. The van der Waals surface area contributed by atoms with Gasteiger partial charge in [-0.25, -0.2) is 0 Å². The first-order valence-corrected chi connectivity index (χ1v) is 5.36. The Kier molecular flexibility index (Phi) is 4.34. The van der Waals surface area contributed by atoms with Crippen LogP contribution in [0.5, 0.6) is 0 Å². The Bertz CT molecular complexity index is 448. The van der Waals surface area contributed by atoms with Crippen molar-refractivity contribution >= 4 is 29.2 Å². The van der Waals surface area contributed by atoms with Crippen LogP contribution in [-0.4, -0.2) is 23.5 Å². The molecule has 1 atom stereocenters. The van der Waals surface area contributed by atoms with Crippen molar-refractivity contribution in [3.63, 3.8) is 0 Å². The van der Waals surface area contributed by atoms with Gasteiger partial charge in [0.05, 0.1) is 16.5 Å². The van der Waals surface area contributed by atoms with Gasteiger partial charge in [0, 0.05) is 12.2 Å². The SMILES string of the molecule is CC(CNc1cccc(Cl)c1C(N)=O)C(=O)O. The number of amides is 1. The maximum Gasteiger partial charge on any atom is 0.308 e. The van der Waals surface area contributed by atoms with Gasteiger partial charge in [-0.1, -0.05) is 24.6 Å². The number of nitrogens with one attached hydrogen (secondary N) is 1. The van der Waals surface area contributed by atoms with Crippen LogP contribution in [0.1, 0.15) is 17.3 Å².